The number of carbonyl (C=O) groups is 2. The van der Waals surface area contributed by atoms with Crippen molar-refractivity contribution in [1.29, 1.82) is 0 Å². The monoisotopic (exact) mass is 231 g/mol. The number of hydrogen-bond donors (Lipinski definition) is 4. The fourth-order valence-corrected chi connectivity index (χ4v) is 0.957. The summed E-state index contributed by atoms with van der Waals surface area (Å²) in [6, 6.07) is -0.592. The van der Waals surface area contributed by atoms with Crippen LogP contribution in [0.25, 0.3) is 0 Å². The van der Waals surface area contributed by atoms with Crippen LogP contribution in [0.4, 0.5) is 0 Å². The van der Waals surface area contributed by atoms with Crippen LogP contribution in [0.3, 0.4) is 0 Å². The summed E-state index contributed by atoms with van der Waals surface area (Å²) in [7, 11) is 0. The Hall–Kier alpha value is -1.14. The summed E-state index contributed by atoms with van der Waals surface area (Å²) in [5.74, 6) is -0.567. The number of rotatable bonds is 7. The lowest BCUT2D eigenvalue weighted by Crippen LogP contribution is -2.47. The Balaban J connectivity index is 3.71. The zero-order chi connectivity index (χ0) is 12.6. The number of carbonyl (C=O) groups excluding carboxylic acids is 2. The molecule has 0 aromatic heterocycles. The van der Waals surface area contributed by atoms with E-state index in [2.05, 4.69) is 10.6 Å². The van der Waals surface area contributed by atoms with Gasteiger partial charge in [0.2, 0.25) is 11.8 Å². The topological polar surface area (TPSA) is 104 Å². The van der Waals surface area contributed by atoms with Crippen molar-refractivity contribution in [1.82, 2.24) is 10.6 Å². The van der Waals surface area contributed by atoms with Crippen LogP contribution in [0.1, 0.15) is 20.3 Å². The maximum Gasteiger partial charge on any atom is 0.239 e. The molecule has 2 amide bonds. The first-order chi connectivity index (χ1) is 7.49. The predicted octanol–water partition coefficient (Wildman–Crippen LogP) is -1.42. The number of hydrogen-bond acceptors (Lipinski definition) is 4. The molecule has 0 fully saturated rings. The van der Waals surface area contributed by atoms with E-state index >= 15 is 0 Å². The number of nitrogens with two attached hydrogens (primary N) is 1. The number of aliphatic hydroxyl groups is 1. The molecule has 1 atom stereocenters. The van der Waals surface area contributed by atoms with Crippen molar-refractivity contribution in [3.8, 4) is 0 Å². The highest BCUT2D eigenvalue weighted by Crippen LogP contribution is 1.97. The minimum atomic E-state index is -0.592. The maximum absolute atomic E-state index is 11.4. The summed E-state index contributed by atoms with van der Waals surface area (Å²) in [5, 5.41) is 13.5. The standard InChI is InChI=1S/C10H21N3O3/c1-7(2)9(11)10(16)13-6-8(15)12-4-3-5-14/h7,9,14H,3-6,11H2,1-2H3,(H,12,15)(H,13,16)/t9-/m0/s1. The Morgan fingerprint density at radius 2 is 1.94 bits per heavy atom. The zero-order valence-corrected chi connectivity index (χ0v) is 9.82. The summed E-state index contributed by atoms with van der Waals surface area (Å²) in [6.45, 7) is 4.04. The summed E-state index contributed by atoms with van der Waals surface area (Å²) in [4.78, 5) is 22.5. The minimum Gasteiger partial charge on any atom is -0.396 e. The predicted molar refractivity (Wildman–Crippen MR) is 60.5 cm³/mol. The van der Waals surface area contributed by atoms with Gasteiger partial charge in [0, 0.05) is 13.2 Å². The maximum atomic E-state index is 11.4. The van der Waals surface area contributed by atoms with Gasteiger partial charge in [0.15, 0.2) is 0 Å². The van der Waals surface area contributed by atoms with Gasteiger partial charge in [-0.05, 0) is 12.3 Å². The zero-order valence-electron chi connectivity index (χ0n) is 9.82. The van der Waals surface area contributed by atoms with Gasteiger partial charge in [0.1, 0.15) is 0 Å². The average Bonchev–Trinajstić information content (AvgIpc) is 2.25. The highest BCUT2D eigenvalue weighted by Gasteiger charge is 2.17. The second-order valence-corrected chi connectivity index (χ2v) is 3.91. The quantitative estimate of drug-likeness (QED) is 0.404. The van der Waals surface area contributed by atoms with E-state index in [9.17, 15) is 9.59 Å². The lowest BCUT2D eigenvalue weighted by atomic mass is 10.1. The minimum absolute atomic E-state index is 0.0326. The second kappa shape index (κ2) is 8.06. The first kappa shape index (κ1) is 14.9. The number of amides is 2. The van der Waals surface area contributed by atoms with Gasteiger partial charge in [0.25, 0.3) is 0 Å². The van der Waals surface area contributed by atoms with Crippen LogP contribution < -0.4 is 16.4 Å². The lowest BCUT2D eigenvalue weighted by Gasteiger charge is -2.15. The summed E-state index contributed by atoms with van der Waals surface area (Å²) in [6.07, 6.45) is 0.505. The highest BCUT2D eigenvalue weighted by molar-refractivity contribution is 5.87. The molecule has 0 rings (SSSR count). The van der Waals surface area contributed by atoms with Crippen molar-refractivity contribution in [3.63, 3.8) is 0 Å². The molecular formula is C10H21N3O3. The van der Waals surface area contributed by atoms with Crippen molar-refractivity contribution >= 4 is 11.8 Å². The molecule has 0 bridgehead atoms. The molecule has 0 saturated heterocycles. The van der Waals surface area contributed by atoms with Gasteiger partial charge in [-0.2, -0.15) is 0 Å². The van der Waals surface area contributed by atoms with Crippen molar-refractivity contribution in [2.75, 3.05) is 19.7 Å². The molecular weight excluding hydrogens is 210 g/mol. The first-order valence-corrected chi connectivity index (χ1v) is 5.40. The van der Waals surface area contributed by atoms with Crippen LogP contribution in [0.2, 0.25) is 0 Å². The first-order valence-electron chi connectivity index (χ1n) is 5.40. The summed E-state index contributed by atoms with van der Waals surface area (Å²) < 4.78 is 0. The largest absolute Gasteiger partial charge is 0.396 e. The molecule has 0 aliphatic heterocycles. The molecule has 0 radical (unpaired) electrons. The van der Waals surface area contributed by atoms with Crippen LogP contribution in [0.5, 0.6) is 0 Å². The summed E-state index contributed by atoms with van der Waals surface area (Å²) in [5.41, 5.74) is 5.59. The molecule has 0 aromatic carbocycles. The number of nitrogens with one attached hydrogen (secondary N) is 2. The molecule has 16 heavy (non-hydrogen) atoms. The van der Waals surface area contributed by atoms with Gasteiger partial charge in [-0.15, -0.1) is 0 Å². The normalized spacial score (nSPS) is 12.3. The smallest absolute Gasteiger partial charge is 0.239 e. The molecule has 0 saturated carbocycles. The Bertz CT molecular complexity index is 231. The van der Waals surface area contributed by atoms with Gasteiger partial charge < -0.3 is 21.5 Å². The van der Waals surface area contributed by atoms with Gasteiger partial charge in [-0.1, -0.05) is 13.8 Å². The molecule has 6 heteroatoms. The average molecular weight is 231 g/mol. The molecule has 0 spiro atoms. The van der Waals surface area contributed by atoms with Crippen LogP contribution >= 0.6 is 0 Å². The van der Waals surface area contributed by atoms with Crippen LogP contribution in [0, 0.1) is 5.92 Å². The van der Waals surface area contributed by atoms with E-state index in [1.165, 1.54) is 0 Å². The van der Waals surface area contributed by atoms with E-state index in [1.54, 1.807) is 0 Å². The molecule has 6 nitrogen and oxygen atoms in total. The molecule has 5 N–H and O–H groups in total. The highest BCUT2D eigenvalue weighted by atomic mass is 16.3. The Labute approximate surface area is 95.6 Å². The van der Waals surface area contributed by atoms with Crippen LogP contribution in [0.15, 0.2) is 0 Å². The molecule has 0 aliphatic carbocycles. The van der Waals surface area contributed by atoms with Crippen molar-refractivity contribution in [2.24, 2.45) is 11.7 Å². The van der Waals surface area contributed by atoms with Gasteiger partial charge in [0.05, 0.1) is 12.6 Å². The van der Waals surface area contributed by atoms with E-state index in [0.717, 1.165) is 0 Å². The molecule has 0 heterocycles. The van der Waals surface area contributed by atoms with Crippen LogP contribution in [-0.4, -0.2) is 42.7 Å². The second-order valence-electron chi connectivity index (χ2n) is 3.91. The van der Waals surface area contributed by atoms with E-state index in [0.29, 0.717) is 13.0 Å². The molecule has 0 aliphatic rings. The third-order valence-electron chi connectivity index (χ3n) is 2.10. The third-order valence-corrected chi connectivity index (χ3v) is 2.10. The van der Waals surface area contributed by atoms with Crippen molar-refractivity contribution in [3.05, 3.63) is 0 Å². The fraction of sp³-hybridized carbons (Fsp3) is 0.800. The SMILES string of the molecule is CC(C)[C@H](N)C(=O)NCC(=O)NCCCO. The van der Waals surface area contributed by atoms with E-state index in [1.807, 2.05) is 13.8 Å². The van der Waals surface area contributed by atoms with Crippen molar-refractivity contribution in [2.45, 2.75) is 26.3 Å². The van der Waals surface area contributed by atoms with Crippen LogP contribution in [-0.2, 0) is 9.59 Å². The van der Waals surface area contributed by atoms with Crippen molar-refractivity contribution < 1.29 is 14.7 Å². The molecule has 94 valence electrons. The lowest BCUT2D eigenvalue weighted by molar-refractivity contribution is -0.127. The summed E-state index contributed by atoms with van der Waals surface area (Å²) >= 11 is 0. The molecule has 0 unspecified atom stereocenters. The molecule has 0 aromatic rings. The Morgan fingerprint density at radius 3 is 2.44 bits per heavy atom. The van der Waals surface area contributed by atoms with E-state index < -0.39 is 6.04 Å². The third kappa shape index (κ3) is 6.36. The number of aliphatic hydroxyl groups excluding tert-OH is 1. The van der Waals surface area contributed by atoms with Gasteiger partial charge >= 0.3 is 0 Å². The van der Waals surface area contributed by atoms with E-state index in [4.69, 9.17) is 10.8 Å². The van der Waals surface area contributed by atoms with Gasteiger partial charge in [-0.3, -0.25) is 9.59 Å². The Morgan fingerprint density at radius 1 is 1.31 bits per heavy atom. The Kier molecular flexibility index (Phi) is 7.49. The van der Waals surface area contributed by atoms with Gasteiger partial charge in [-0.25, -0.2) is 0 Å². The fourth-order valence-electron chi connectivity index (χ4n) is 0.957. The van der Waals surface area contributed by atoms with E-state index in [-0.39, 0.29) is 30.9 Å².